The zero-order chi connectivity index (χ0) is 15.2. The number of carbonyl (C=O) groups excluding carboxylic acids is 2. The topological polar surface area (TPSA) is 46.6 Å². The molecule has 0 atom stereocenters. The molecule has 4 heteroatoms. The summed E-state index contributed by atoms with van der Waals surface area (Å²) in [5.41, 5.74) is 1.00. The van der Waals surface area contributed by atoms with Crippen molar-refractivity contribution in [2.75, 3.05) is 20.6 Å². The normalized spacial score (nSPS) is 10.4. The van der Waals surface area contributed by atoms with Crippen LogP contribution in [0.5, 0.6) is 5.75 Å². The minimum absolute atomic E-state index is 0.0161. The molecule has 0 aliphatic carbocycles. The van der Waals surface area contributed by atoms with Crippen LogP contribution in [0.3, 0.4) is 0 Å². The number of esters is 1. The van der Waals surface area contributed by atoms with Gasteiger partial charge >= 0.3 is 5.97 Å². The largest absolute Gasteiger partial charge is 0.423 e. The van der Waals surface area contributed by atoms with Crippen LogP contribution in [0.2, 0.25) is 0 Å². The highest BCUT2D eigenvalue weighted by molar-refractivity contribution is 5.98. The van der Waals surface area contributed by atoms with Crippen molar-refractivity contribution in [3.8, 4) is 5.75 Å². The molecule has 0 spiro atoms. The zero-order valence-electron chi connectivity index (χ0n) is 12.1. The number of likely N-dealkylation sites (N-methyl/N-ethyl adjacent to an activating group) is 1. The first-order valence-corrected chi connectivity index (χ1v) is 6.61. The van der Waals surface area contributed by atoms with Gasteiger partial charge in [0.2, 0.25) is 0 Å². The van der Waals surface area contributed by atoms with Crippen LogP contribution in [0.15, 0.2) is 54.6 Å². The van der Waals surface area contributed by atoms with Gasteiger partial charge in [0, 0.05) is 5.56 Å². The van der Waals surface area contributed by atoms with Crippen LogP contribution >= 0.6 is 0 Å². The summed E-state index contributed by atoms with van der Waals surface area (Å²) >= 11 is 0. The average molecular weight is 283 g/mol. The second-order valence-corrected chi connectivity index (χ2v) is 4.94. The van der Waals surface area contributed by atoms with Gasteiger partial charge in [-0.05, 0) is 38.4 Å². The molecule has 0 aromatic heterocycles. The Morgan fingerprint density at radius 1 is 0.952 bits per heavy atom. The predicted molar refractivity (Wildman–Crippen MR) is 80.7 cm³/mol. The molecule has 0 bridgehead atoms. The Morgan fingerprint density at radius 3 is 2.29 bits per heavy atom. The van der Waals surface area contributed by atoms with Gasteiger partial charge in [-0.2, -0.15) is 0 Å². The molecule has 0 saturated carbocycles. The van der Waals surface area contributed by atoms with E-state index in [9.17, 15) is 9.59 Å². The van der Waals surface area contributed by atoms with E-state index >= 15 is 0 Å². The molecule has 0 heterocycles. The van der Waals surface area contributed by atoms with E-state index < -0.39 is 5.97 Å². The lowest BCUT2D eigenvalue weighted by atomic mass is 10.1. The quantitative estimate of drug-likeness (QED) is 0.481. The molecule has 0 N–H and O–H groups in total. The molecule has 108 valence electrons. The first kappa shape index (κ1) is 14.9. The third-order valence-electron chi connectivity index (χ3n) is 2.84. The molecule has 0 aliphatic rings. The van der Waals surface area contributed by atoms with E-state index in [-0.39, 0.29) is 5.78 Å². The Kier molecular flexibility index (Phi) is 4.85. The van der Waals surface area contributed by atoms with Crippen molar-refractivity contribution in [1.82, 2.24) is 4.90 Å². The number of ketones is 1. The van der Waals surface area contributed by atoms with Crippen molar-refractivity contribution in [2.24, 2.45) is 0 Å². The van der Waals surface area contributed by atoms with Gasteiger partial charge in [-0.25, -0.2) is 4.79 Å². The standard InChI is InChI=1S/C17H17NO3/c1-18(2)12-16(19)14-9-6-10-15(11-14)21-17(20)13-7-4-3-5-8-13/h3-11H,12H2,1-2H3. The van der Waals surface area contributed by atoms with Gasteiger partial charge < -0.3 is 9.64 Å². The number of hydrogen-bond acceptors (Lipinski definition) is 4. The summed E-state index contributed by atoms with van der Waals surface area (Å²) in [7, 11) is 3.66. The number of nitrogens with zero attached hydrogens (tertiary/aromatic N) is 1. The number of Topliss-reactive ketones (excluding diaryl/α,β-unsaturated/α-hetero) is 1. The molecule has 0 fully saturated rings. The van der Waals surface area contributed by atoms with Gasteiger partial charge in [-0.3, -0.25) is 4.79 Å². The van der Waals surface area contributed by atoms with Crippen molar-refractivity contribution < 1.29 is 14.3 Å². The van der Waals surface area contributed by atoms with Gasteiger partial charge in [0.1, 0.15) is 5.75 Å². The monoisotopic (exact) mass is 283 g/mol. The second-order valence-electron chi connectivity index (χ2n) is 4.94. The summed E-state index contributed by atoms with van der Waals surface area (Å²) in [5, 5.41) is 0. The molecule has 0 aliphatic heterocycles. The van der Waals surface area contributed by atoms with E-state index in [1.165, 1.54) is 0 Å². The van der Waals surface area contributed by atoms with Gasteiger partial charge in [0.25, 0.3) is 0 Å². The number of carbonyl (C=O) groups is 2. The number of hydrogen-bond donors (Lipinski definition) is 0. The van der Waals surface area contributed by atoms with E-state index in [0.717, 1.165) is 0 Å². The van der Waals surface area contributed by atoms with E-state index in [4.69, 9.17) is 4.74 Å². The highest BCUT2D eigenvalue weighted by atomic mass is 16.5. The maximum Gasteiger partial charge on any atom is 0.343 e. The van der Waals surface area contributed by atoms with Gasteiger partial charge in [0.15, 0.2) is 5.78 Å². The lowest BCUT2D eigenvalue weighted by Gasteiger charge is -2.09. The Balaban J connectivity index is 2.11. The Hall–Kier alpha value is -2.46. The summed E-state index contributed by atoms with van der Waals surface area (Å²) in [6, 6.07) is 15.4. The molecule has 0 radical (unpaired) electrons. The molecule has 0 unspecified atom stereocenters. The Morgan fingerprint density at radius 2 is 1.62 bits per heavy atom. The fraction of sp³-hybridized carbons (Fsp3) is 0.176. The maximum absolute atomic E-state index is 12.0. The third kappa shape index (κ3) is 4.26. The van der Waals surface area contributed by atoms with Crippen LogP contribution in [0.1, 0.15) is 20.7 Å². The summed E-state index contributed by atoms with van der Waals surface area (Å²) in [4.78, 5) is 25.7. The lowest BCUT2D eigenvalue weighted by molar-refractivity contribution is 0.0733. The van der Waals surface area contributed by atoms with E-state index in [0.29, 0.717) is 23.4 Å². The van der Waals surface area contributed by atoms with Crippen LogP contribution in [0, 0.1) is 0 Å². The van der Waals surface area contributed by atoms with E-state index in [1.807, 2.05) is 20.2 Å². The van der Waals surface area contributed by atoms with Gasteiger partial charge in [-0.1, -0.05) is 30.3 Å². The molecule has 4 nitrogen and oxygen atoms in total. The molecular weight excluding hydrogens is 266 g/mol. The average Bonchev–Trinajstić information content (AvgIpc) is 2.47. The zero-order valence-corrected chi connectivity index (χ0v) is 12.1. The maximum atomic E-state index is 12.0. The van der Waals surface area contributed by atoms with Crippen LogP contribution in [-0.4, -0.2) is 37.3 Å². The third-order valence-corrected chi connectivity index (χ3v) is 2.84. The van der Waals surface area contributed by atoms with Crippen LogP contribution in [0.4, 0.5) is 0 Å². The minimum atomic E-state index is -0.437. The highest BCUT2D eigenvalue weighted by Crippen LogP contribution is 2.16. The molecular formula is C17H17NO3. The van der Waals surface area contributed by atoms with Gasteiger partial charge in [0.05, 0.1) is 12.1 Å². The van der Waals surface area contributed by atoms with Crippen molar-refractivity contribution in [3.05, 3.63) is 65.7 Å². The van der Waals surface area contributed by atoms with Gasteiger partial charge in [-0.15, -0.1) is 0 Å². The van der Waals surface area contributed by atoms with Crippen molar-refractivity contribution in [3.63, 3.8) is 0 Å². The second kappa shape index (κ2) is 6.81. The summed E-state index contributed by atoms with van der Waals surface area (Å²) < 4.78 is 5.29. The lowest BCUT2D eigenvalue weighted by Crippen LogP contribution is -2.21. The first-order chi connectivity index (χ1) is 10.1. The number of rotatable bonds is 5. The highest BCUT2D eigenvalue weighted by Gasteiger charge is 2.11. The Labute approximate surface area is 124 Å². The van der Waals surface area contributed by atoms with E-state index in [1.54, 1.807) is 53.4 Å². The van der Waals surface area contributed by atoms with Crippen molar-refractivity contribution >= 4 is 11.8 Å². The molecule has 2 aromatic carbocycles. The summed E-state index contributed by atoms with van der Waals surface area (Å²) in [5.74, 6) is -0.0844. The smallest absolute Gasteiger partial charge is 0.343 e. The SMILES string of the molecule is CN(C)CC(=O)c1cccc(OC(=O)c2ccccc2)c1. The minimum Gasteiger partial charge on any atom is -0.423 e. The number of benzene rings is 2. The van der Waals surface area contributed by atoms with Crippen LogP contribution in [-0.2, 0) is 0 Å². The summed E-state index contributed by atoms with van der Waals surface area (Å²) in [6.07, 6.45) is 0. The van der Waals surface area contributed by atoms with Crippen molar-refractivity contribution in [1.29, 1.82) is 0 Å². The fourth-order valence-corrected chi connectivity index (χ4v) is 1.85. The van der Waals surface area contributed by atoms with Crippen molar-refractivity contribution in [2.45, 2.75) is 0 Å². The van der Waals surface area contributed by atoms with E-state index in [2.05, 4.69) is 0 Å². The first-order valence-electron chi connectivity index (χ1n) is 6.61. The molecule has 0 saturated heterocycles. The molecule has 2 aromatic rings. The molecule has 2 rings (SSSR count). The molecule has 0 amide bonds. The number of ether oxygens (including phenoxy) is 1. The Bertz CT molecular complexity index is 635. The van der Waals surface area contributed by atoms with Crippen LogP contribution in [0.25, 0.3) is 0 Å². The van der Waals surface area contributed by atoms with Crippen LogP contribution < -0.4 is 4.74 Å². The fourth-order valence-electron chi connectivity index (χ4n) is 1.85. The summed E-state index contributed by atoms with van der Waals surface area (Å²) in [6.45, 7) is 0.316. The predicted octanol–water partition coefficient (Wildman–Crippen LogP) is 2.65. The molecule has 21 heavy (non-hydrogen) atoms.